The van der Waals surface area contributed by atoms with Gasteiger partial charge in [0, 0.05) is 22.6 Å². The molecule has 4 aromatic rings. The minimum atomic E-state index is -0.0517. The highest BCUT2D eigenvalue weighted by molar-refractivity contribution is 6.35. The standard InChI is InChI=1S/C38H27Cl/c39-34(28-17-7-1-2-8-18-28)27-33-35(29-19-9-3-10-20-29)37(31-23-13-5-14-24-31)38(32-25-15-6-16-26-32)36(33)30-21-11-4-12-22-30/h1-26,28H. The van der Waals surface area contributed by atoms with Crippen molar-refractivity contribution in [2.75, 3.05) is 0 Å². The first-order valence-corrected chi connectivity index (χ1v) is 13.6. The summed E-state index contributed by atoms with van der Waals surface area (Å²) in [5.41, 5.74) is 14.0. The fraction of sp³-hybridized carbons (Fsp3) is 0.0263. The van der Waals surface area contributed by atoms with Crippen LogP contribution in [-0.2, 0) is 0 Å². The molecule has 0 bridgehead atoms. The molecule has 0 nitrogen and oxygen atoms in total. The Hall–Kier alpha value is -4.61. The molecule has 4 aromatic carbocycles. The largest absolute Gasteiger partial charge is 0.0947 e. The average molecular weight is 519 g/mol. The lowest BCUT2D eigenvalue weighted by molar-refractivity contribution is 1.05. The van der Waals surface area contributed by atoms with Crippen LogP contribution in [0.15, 0.2) is 174 Å². The van der Waals surface area contributed by atoms with Crippen LogP contribution >= 0.6 is 11.6 Å². The molecule has 0 spiro atoms. The molecule has 0 fully saturated rings. The first kappa shape index (κ1) is 24.7. The summed E-state index contributed by atoms with van der Waals surface area (Å²) in [4.78, 5) is 0. The number of hydrogen-bond donors (Lipinski definition) is 0. The van der Waals surface area contributed by atoms with Crippen molar-refractivity contribution < 1.29 is 0 Å². The van der Waals surface area contributed by atoms with Gasteiger partial charge in [-0.15, -0.1) is 0 Å². The molecule has 0 N–H and O–H groups in total. The maximum Gasteiger partial charge on any atom is 0.0711 e. The smallest absolute Gasteiger partial charge is 0.0711 e. The predicted molar refractivity (Wildman–Crippen MR) is 167 cm³/mol. The molecule has 186 valence electrons. The van der Waals surface area contributed by atoms with E-state index in [1.807, 2.05) is 24.3 Å². The van der Waals surface area contributed by atoms with Crippen molar-refractivity contribution >= 4 is 33.9 Å². The predicted octanol–water partition coefficient (Wildman–Crippen LogP) is 10.2. The monoisotopic (exact) mass is 518 g/mol. The van der Waals surface area contributed by atoms with Crippen molar-refractivity contribution in [1.29, 1.82) is 0 Å². The van der Waals surface area contributed by atoms with E-state index in [0.29, 0.717) is 5.03 Å². The van der Waals surface area contributed by atoms with E-state index in [1.54, 1.807) is 0 Å². The molecule has 0 radical (unpaired) electrons. The summed E-state index contributed by atoms with van der Waals surface area (Å²) in [6, 6.07) is 42.6. The van der Waals surface area contributed by atoms with Crippen molar-refractivity contribution in [1.82, 2.24) is 0 Å². The first-order chi connectivity index (χ1) is 19.3. The van der Waals surface area contributed by atoms with Crippen molar-refractivity contribution in [3.63, 3.8) is 0 Å². The van der Waals surface area contributed by atoms with Crippen molar-refractivity contribution in [3.8, 4) is 0 Å². The highest BCUT2D eigenvalue weighted by Crippen LogP contribution is 2.54. The lowest BCUT2D eigenvalue weighted by Crippen LogP contribution is -1.94. The van der Waals surface area contributed by atoms with Crippen LogP contribution in [0.25, 0.3) is 22.3 Å². The number of rotatable bonds is 5. The van der Waals surface area contributed by atoms with Crippen molar-refractivity contribution in [2.45, 2.75) is 0 Å². The maximum absolute atomic E-state index is 7.11. The van der Waals surface area contributed by atoms with Crippen LogP contribution in [0.5, 0.6) is 0 Å². The summed E-state index contributed by atoms with van der Waals surface area (Å²) in [6.07, 6.45) is 12.4. The third kappa shape index (κ3) is 5.09. The van der Waals surface area contributed by atoms with Crippen LogP contribution in [0.1, 0.15) is 22.3 Å². The summed E-state index contributed by atoms with van der Waals surface area (Å²) in [5.74, 6) is -0.0517. The highest BCUT2D eigenvalue weighted by atomic mass is 35.5. The molecule has 2 aliphatic rings. The van der Waals surface area contributed by atoms with Gasteiger partial charge < -0.3 is 0 Å². The third-order valence-corrected chi connectivity index (χ3v) is 7.35. The Kier molecular flexibility index (Phi) is 7.23. The molecule has 1 heteroatoms. The average Bonchev–Trinajstić information content (AvgIpc) is 3.13. The molecule has 0 saturated carbocycles. The second kappa shape index (κ2) is 11.4. The summed E-state index contributed by atoms with van der Waals surface area (Å²) >= 11 is 7.11. The van der Waals surface area contributed by atoms with E-state index >= 15 is 0 Å². The molecule has 0 unspecified atom stereocenters. The third-order valence-electron chi connectivity index (χ3n) is 7.01. The molecule has 6 rings (SSSR count). The fourth-order valence-corrected chi connectivity index (χ4v) is 5.50. The zero-order chi connectivity index (χ0) is 26.4. The lowest BCUT2D eigenvalue weighted by atomic mass is 9.89. The van der Waals surface area contributed by atoms with E-state index < -0.39 is 0 Å². The Bertz CT molecular complexity index is 1570. The lowest BCUT2D eigenvalue weighted by Gasteiger charge is -2.14. The fourth-order valence-electron chi connectivity index (χ4n) is 5.26. The number of hydrogen-bond acceptors (Lipinski definition) is 0. The first-order valence-electron chi connectivity index (χ1n) is 13.2. The van der Waals surface area contributed by atoms with Gasteiger partial charge in [-0.25, -0.2) is 0 Å². The topological polar surface area (TPSA) is 0 Å². The van der Waals surface area contributed by atoms with Crippen LogP contribution in [0.4, 0.5) is 0 Å². The van der Waals surface area contributed by atoms with Gasteiger partial charge in [-0.2, -0.15) is 0 Å². The van der Waals surface area contributed by atoms with Crippen LogP contribution in [0.2, 0.25) is 0 Å². The molecular formula is C38H27Cl. The molecule has 2 aliphatic carbocycles. The van der Waals surface area contributed by atoms with Crippen LogP contribution in [-0.4, -0.2) is 0 Å². The van der Waals surface area contributed by atoms with E-state index in [0.717, 1.165) is 39.0 Å². The van der Waals surface area contributed by atoms with Crippen molar-refractivity contribution in [3.05, 3.63) is 196 Å². The van der Waals surface area contributed by atoms with Crippen LogP contribution in [0.3, 0.4) is 0 Å². The van der Waals surface area contributed by atoms with Gasteiger partial charge in [-0.1, -0.05) is 175 Å². The summed E-state index contributed by atoms with van der Waals surface area (Å²) in [7, 11) is 0. The molecular weight excluding hydrogens is 492 g/mol. The Morgan fingerprint density at radius 3 is 1.13 bits per heavy atom. The van der Waals surface area contributed by atoms with E-state index in [9.17, 15) is 0 Å². The van der Waals surface area contributed by atoms with Crippen LogP contribution < -0.4 is 0 Å². The minimum Gasteiger partial charge on any atom is -0.0947 e. The second-order valence-corrected chi connectivity index (χ2v) is 9.90. The zero-order valence-electron chi connectivity index (χ0n) is 21.5. The Morgan fingerprint density at radius 2 is 0.769 bits per heavy atom. The van der Waals surface area contributed by atoms with Gasteiger partial charge in [0.2, 0.25) is 0 Å². The van der Waals surface area contributed by atoms with Gasteiger partial charge in [0.1, 0.15) is 0 Å². The van der Waals surface area contributed by atoms with Gasteiger partial charge in [0.25, 0.3) is 0 Å². The summed E-state index contributed by atoms with van der Waals surface area (Å²) < 4.78 is 0. The van der Waals surface area contributed by atoms with Crippen LogP contribution in [0, 0.1) is 5.92 Å². The van der Waals surface area contributed by atoms with E-state index in [4.69, 9.17) is 11.6 Å². The van der Waals surface area contributed by atoms with Gasteiger partial charge >= 0.3 is 0 Å². The van der Waals surface area contributed by atoms with Gasteiger partial charge in [-0.3, -0.25) is 0 Å². The zero-order valence-corrected chi connectivity index (χ0v) is 22.2. The summed E-state index contributed by atoms with van der Waals surface area (Å²) in [5, 5.41) is 0.657. The van der Waals surface area contributed by atoms with E-state index in [2.05, 4.69) is 139 Å². The molecule has 0 atom stereocenters. The minimum absolute atomic E-state index is 0.0517. The number of allylic oxidation sites excluding steroid dienone is 11. The normalized spacial score (nSPS) is 15.1. The molecule has 0 amide bonds. The summed E-state index contributed by atoms with van der Waals surface area (Å²) in [6.45, 7) is 0. The number of halogens is 1. The van der Waals surface area contributed by atoms with Gasteiger partial charge in [0.15, 0.2) is 0 Å². The SMILES string of the molecule is ClC(=C=C1C(c2ccccc2)=C(c2ccccc2)C(c2ccccc2)=C1c1ccccc1)C1C=CC=CC=C1. The molecule has 0 aromatic heterocycles. The molecule has 0 saturated heterocycles. The Morgan fingerprint density at radius 1 is 0.436 bits per heavy atom. The number of benzene rings is 4. The second-order valence-electron chi connectivity index (χ2n) is 9.49. The van der Waals surface area contributed by atoms with Gasteiger partial charge in [-0.05, 0) is 33.4 Å². The Labute approximate surface area is 235 Å². The Balaban J connectivity index is 1.77. The quantitative estimate of drug-likeness (QED) is 0.230. The molecule has 39 heavy (non-hydrogen) atoms. The molecule has 0 heterocycles. The van der Waals surface area contributed by atoms with E-state index in [-0.39, 0.29) is 5.92 Å². The van der Waals surface area contributed by atoms with E-state index in [1.165, 1.54) is 11.1 Å². The highest BCUT2D eigenvalue weighted by Gasteiger charge is 2.33. The van der Waals surface area contributed by atoms with Gasteiger partial charge in [0.05, 0.1) is 5.03 Å². The maximum atomic E-state index is 7.11. The van der Waals surface area contributed by atoms with Crippen molar-refractivity contribution in [2.24, 2.45) is 5.92 Å². The molecule has 0 aliphatic heterocycles.